The summed E-state index contributed by atoms with van der Waals surface area (Å²) in [6, 6.07) is 9.25. The lowest BCUT2D eigenvalue weighted by atomic mass is 10.1. The highest BCUT2D eigenvalue weighted by molar-refractivity contribution is 6.05. The molecular weight excluding hydrogens is 270 g/mol. The van der Waals surface area contributed by atoms with E-state index in [1.165, 1.54) is 6.92 Å². The zero-order valence-electron chi connectivity index (χ0n) is 11.8. The van der Waals surface area contributed by atoms with Gasteiger partial charge in [0.15, 0.2) is 12.1 Å². The quantitative estimate of drug-likeness (QED) is 0.520. The van der Waals surface area contributed by atoms with Crippen LogP contribution in [-0.4, -0.2) is 23.0 Å². The lowest BCUT2D eigenvalue weighted by molar-refractivity contribution is 0.0465. The number of carbonyl (C=O) groups excluding carboxylic acids is 3. The van der Waals surface area contributed by atoms with Gasteiger partial charge in [-0.1, -0.05) is 30.3 Å². The SMILES string of the molecule is CC(=O)c1c(C=O)[nH]c(C(=O)OCc2ccccc2)c1C. The Morgan fingerprint density at radius 3 is 2.43 bits per heavy atom. The molecule has 1 N–H and O–H groups in total. The van der Waals surface area contributed by atoms with Gasteiger partial charge in [-0.05, 0) is 25.0 Å². The maximum Gasteiger partial charge on any atom is 0.355 e. The van der Waals surface area contributed by atoms with Crippen molar-refractivity contribution in [1.82, 2.24) is 4.98 Å². The number of hydrogen-bond donors (Lipinski definition) is 1. The van der Waals surface area contributed by atoms with E-state index in [9.17, 15) is 14.4 Å². The van der Waals surface area contributed by atoms with Crippen LogP contribution in [0.4, 0.5) is 0 Å². The Bertz CT molecular complexity index is 686. The zero-order valence-corrected chi connectivity index (χ0v) is 11.8. The van der Waals surface area contributed by atoms with Crippen LogP contribution in [0.1, 0.15) is 49.4 Å². The number of aldehydes is 1. The molecule has 1 aromatic heterocycles. The molecular formula is C16H15NO4. The summed E-state index contributed by atoms with van der Waals surface area (Å²) in [5.41, 5.74) is 1.77. The summed E-state index contributed by atoms with van der Waals surface area (Å²) >= 11 is 0. The molecule has 1 aromatic carbocycles. The molecule has 21 heavy (non-hydrogen) atoms. The van der Waals surface area contributed by atoms with E-state index in [1.54, 1.807) is 6.92 Å². The van der Waals surface area contributed by atoms with Gasteiger partial charge in [0.25, 0.3) is 0 Å². The number of rotatable bonds is 5. The number of nitrogens with one attached hydrogen (secondary N) is 1. The van der Waals surface area contributed by atoms with Gasteiger partial charge in [-0.15, -0.1) is 0 Å². The van der Waals surface area contributed by atoms with Gasteiger partial charge in [-0.2, -0.15) is 0 Å². The Hall–Kier alpha value is -2.69. The van der Waals surface area contributed by atoms with E-state index in [1.807, 2.05) is 30.3 Å². The van der Waals surface area contributed by atoms with E-state index in [0.717, 1.165) is 5.56 Å². The fourth-order valence-corrected chi connectivity index (χ4v) is 2.16. The number of ketones is 1. The molecule has 0 atom stereocenters. The lowest BCUT2D eigenvalue weighted by Gasteiger charge is -2.04. The lowest BCUT2D eigenvalue weighted by Crippen LogP contribution is -2.07. The van der Waals surface area contributed by atoms with Gasteiger partial charge in [-0.3, -0.25) is 9.59 Å². The molecule has 1 heterocycles. The van der Waals surface area contributed by atoms with Crippen molar-refractivity contribution in [3.8, 4) is 0 Å². The Labute approximate surface area is 121 Å². The van der Waals surface area contributed by atoms with Crippen LogP contribution in [0.2, 0.25) is 0 Å². The standard InChI is InChI=1S/C16H15NO4/c1-10-14(11(2)19)13(8-18)17-15(10)16(20)21-9-12-6-4-3-5-7-12/h3-8,17H,9H2,1-2H3. The molecule has 0 aliphatic carbocycles. The maximum absolute atomic E-state index is 12.1. The van der Waals surface area contributed by atoms with Crippen LogP contribution in [0.3, 0.4) is 0 Å². The second-order valence-corrected chi connectivity index (χ2v) is 4.65. The van der Waals surface area contributed by atoms with Crippen molar-refractivity contribution in [1.29, 1.82) is 0 Å². The number of Topliss-reactive ketones (excluding diaryl/α,β-unsaturated/α-hetero) is 1. The third kappa shape index (κ3) is 3.08. The van der Waals surface area contributed by atoms with E-state index in [-0.39, 0.29) is 29.3 Å². The Balaban J connectivity index is 2.20. The number of aromatic nitrogens is 1. The van der Waals surface area contributed by atoms with Gasteiger partial charge in [0.1, 0.15) is 12.3 Å². The average Bonchev–Trinajstić information content (AvgIpc) is 2.82. The fraction of sp³-hybridized carbons (Fsp3) is 0.188. The summed E-state index contributed by atoms with van der Waals surface area (Å²) in [4.78, 5) is 37.2. The Morgan fingerprint density at radius 2 is 1.90 bits per heavy atom. The van der Waals surface area contributed by atoms with E-state index < -0.39 is 5.97 Å². The molecule has 0 unspecified atom stereocenters. The summed E-state index contributed by atoms with van der Waals surface area (Å²) in [6.07, 6.45) is 0.526. The van der Waals surface area contributed by atoms with Crippen LogP contribution < -0.4 is 0 Å². The van der Waals surface area contributed by atoms with E-state index in [2.05, 4.69) is 4.98 Å². The molecule has 0 aliphatic rings. The fourth-order valence-electron chi connectivity index (χ4n) is 2.16. The number of hydrogen-bond acceptors (Lipinski definition) is 4. The molecule has 0 radical (unpaired) electrons. The first-order valence-corrected chi connectivity index (χ1v) is 6.44. The van der Waals surface area contributed by atoms with Crippen molar-refractivity contribution in [2.75, 3.05) is 0 Å². The summed E-state index contributed by atoms with van der Waals surface area (Å²) in [7, 11) is 0. The second-order valence-electron chi connectivity index (χ2n) is 4.65. The van der Waals surface area contributed by atoms with E-state index >= 15 is 0 Å². The molecule has 0 amide bonds. The van der Waals surface area contributed by atoms with Gasteiger partial charge in [0.05, 0.1) is 5.69 Å². The molecule has 5 heteroatoms. The third-order valence-electron chi connectivity index (χ3n) is 3.17. The number of aromatic amines is 1. The highest BCUT2D eigenvalue weighted by atomic mass is 16.5. The number of H-pyrrole nitrogens is 1. The number of ether oxygens (including phenoxy) is 1. The normalized spacial score (nSPS) is 10.2. The average molecular weight is 285 g/mol. The van der Waals surface area contributed by atoms with Gasteiger partial charge in [0.2, 0.25) is 0 Å². The summed E-state index contributed by atoms with van der Waals surface area (Å²) < 4.78 is 5.19. The third-order valence-corrected chi connectivity index (χ3v) is 3.17. The van der Waals surface area contributed by atoms with E-state index in [0.29, 0.717) is 11.8 Å². The molecule has 108 valence electrons. The minimum atomic E-state index is -0.591. The minimum absolute atomic E-state index is 0.103. The first-order valence-electron chi connectivity index (χ1n) is 6.44. The van der Waals surface area contributed by atoms with Gasteiger partial charge in [0, 0.05) is 5.56 Å². The van der Waals surface area contributed by atoms with Crippen LogP contribution >= 0.6 is 0 Å². The predicted octanol–water partition coefficient (Wildman–Crippen LogP) is 2.70. The van der Waals surface area contributed by atoms with Crippen molar-refractivity contribution in [2.24, 2.45) is 0 Å². The Kier molecular flexibility index (Phi) is 4.33. The molecule has 0 saturated heterocycles. The van der Waals surface area contributed by atoms with E-state index in [4.69, 9.17) is 4.74 Å². The zero-order chi connectivity index (χ0) is 15.4. The van der Waals surface area contributed by atoms with Crippen LogP contribution in [0.15, 0.2) is 30.3 Å². The molecule has 5 nitrogen and oxygen atoms in total. The number of carbonyl (C=O) groups is 3. The first kappa shape index (κ1) is 14.7. The summed E-state index contributed by atoms with van der Waals surface area (Å²) in [6.45, 7) is 3.09. The largest absolute Gasteiger partial charge is 0.456 e. The number of benzene rings is 1. The van der Waals surface area contributed by atoms with Crippen LogP contribution in [0.25, 0.3) is 0 Å². The van der Waals surface area contributed by atoms with Crippen molar-refractivity contribution < 1.29 is 19.1 Å². The predicted molar refractivity (Wildman–Crippen MR) is 76.5 cm³/mol. The second kappa shape index (κ2) is 6.17. The van der Waals surface area contributed by atoms with Crippen molar-refractivity contribution in [2.45, 2.75) is 20.5 Å². The molecule has 0 spiro atoms. The highest BCUT2D eigenvalue weighted by Gasteiger charge is 2.22. The molecule has 2 aromatic rings. The first-order chi connectivity index (χ1) is 10.0. The smallest absolute Gasteiger partial charge is 0.355 e. The minimum Gasteiger partial charge on any atom is -0.456 e. The maximum atomic E-state index is 12.1. The van der Waals surface area contributed by atoms with Gasteiger partial charge in [-0.25, -0.2) is 4.79 Å². The van der Waals surface area contributed by atoms with Crippen molar-refractivity contribution in [3.63, 3.8) is 0 Å². The van der Waals surface area contributed by atoms with Crippen LogP contribution in [-0.2, 0) is 11.3 Å². The topological polar surface area (TPSA) is 76.2 Å². The van der Waals surface area contributed by atoms with Gasteiger partial charge >= 0.3 is 5.97 Å². The highest BCUT2D eigenvalue weighted by Crippen LogP contribution is 2.19. The molecule has 0 fully saturated rings. The number of esters is 1. The molecule has 0 bridgehead atoms. The molecule has 2 rings (SSSR count). The molecule has 0 aliphatic heterocycles. The summed E-state index contributed by atoms with van der Waals surface area (Å²) in [5, 5.41) is 0. The van der Waals surface area contributed by atoms with Crippen molar-refractivity contribution in [3.05, 3.63) is 58.4 Å². The Morgan fingerprint density at radius 1 is 1.24 bits per heavy atom. The van der Waals surface area contributed by atoms with Gasteiger partial charge < -0.3 is 9.72 Å². The van der Waals surface area contributed by atoms with Crippen LogP contribution in [0.5, 0.6) is 0 Å². The monoisotopic (exact) mass is 285 g/mol. The molecule has 0 saturated carbocycles. The summed E-state index contributed by atoms with van der Waals surface area (Å²) in [5.74, 6) is -0.861. The van der Waals surface area contributed by atoms with Crippen LogP contribution in [0, 0.1) is 6.92 Å². The van der Waals surface area contributed by atoms with Crippen molar-refractivity contribution >= 4 is 18.0 Å².